The minimum atomic E-state index is -4.21. The number of rotatable bonds is 15. The molecule has 2 aromatic rings. The number of halogens is 3. The monoisotopic (exact) mass is 700 g/mol. The Morgan fingerprint density at radius 1 is 0.911 bits per heavy atom. The Kier molecular flexibility index (Phi) is 19.7. The van der Waals surface area contributed by atoms with Crippen LogP contribution in [0.1, 0.15) is 97.6 Å². The van der Waals surface area contributed by atoms with E-state index in [9.17, 15) is 23.2 Å². The standard InChI is InChI=1S/C12H14F2O3.C11H11BrO3.C11H22O2/c1-11(2,3)8-4-6-9(7-5-8)17-12(13,14)10(15)16;1-2-15-10-5-4-9(12)7-8(10)3-6-11(13)14;1-3-5-6-7-8-9-10(4-2)11(12)13/h4-7H,1-3H3,(H,15,16);3-7H,2H2,1H3,(H,13,14);10H,3-9H2,1-2H3,(H,12,13). The van der Waals surface area contributed by atoms with Gasteiger partial charge in [0.1, 0.15) is 11.5 Å². The van der Waals surface area contributed by atoms with E-state index in [2.05, 4.69) is 27.6 Å². The van der Waals surface area contributed by atoms with Crippen molar-refractivity contribution in [1.29, 1.82) is 0 Å². The molecule has 0 aromatic heterocycles. The highest BCUT2D eigenvalue weighted by Crippen LogP contribution is 2.27. The number of hydrogen-bond acceptors (Lipinski definition) is 5. The largest absolute Gasteiger partial charge is 0.501 e. The van der Waals surface area contributed by atoms with Crippen LogP contribution >= 0.6 is 15.9 Å². The maximum Gasteiger partial charge on any atom is 0.501 e. The molecule has 45 heavy (non-hydrogen) atoms. The topological polar surface area (TPSA) is 130 Å². The quantitative estimate of drug-likeness (QED) is 0.124. The van der Waals surface area contributed by atoms with Gasteiger partial charge in [0.2, 0.25) is 0 Å². The van der Waals surface area contributed by atoms with Crippen LogP contribution in [0.3, 0.4) is 0 Å². The molecule has 0 fully saturated rings. The lowest BCUT2D eigenvalue weighted by atomic mass is 9.87. The van der Waals surface area contributed by atoms with Crippen LogP contribution in [0.4, 0.5) is 8.78 Å². The molecule has 0 saturated carbocycles. The van der Waals surface area contributed by atoms with E-state index >= 15 is 0 Å². The molecular weight excluding hydrogens is 654 g/mol. The van der Waals surface area contributed by atoms with E-state index < -0.39 is 24.0 Å². The lowest BCUT2D eigenvalue weighted by Crippen LogP contribution is -2.34. The van der Waals surface area contributed by atoms with Gasteiger partial charge in [0.25, 0.3) is 0 Å². The van der Waals surface area contributed by atoms with Crippen molar-refractivity contribution in [1.82, 2.24) is 0 Å². The fraction of sp³-hybridized carbons (Fsp3) is 0.500. The van der Waals surface area contributed by atoms with E-state index in [4.69, 9.17) is 20.1 Å². The van der Waals surface area contributed by atoms with Crippen molar-refractivity contribution >= 4 is 39.9 Å². The molecule has 0 bridgehead atoms. The first kappa shape index (κ1) is 41.5. The normalized spacial score (nSPS) is 11.8. The van der Waals surface area contributed by atoms with Gasteiger partial charge in [-0.3, -0.25) is 4.79 Å². The highest BCUT2D eigenvalue weighted by atomic mass is 79.9. The first-order valence-corrected chi connectivity index (χ1v) is 15.7. The molecule has 0 radical (unpaired) electrons. The summed E-state index contributed by atoms with van der Waals surface area (Å²) in [7, 11) is 0. The summed E-state index contributed by atoms with van der Waals surface area (Å²) < 4.78 is 35.8. The van der Waals surface area contributed by atoms with Crippen molar-refractivity contribution in [2.45, 2.75) is 98.0 Å². The predicted octanol–water partition coefficient (Wildman–Crippen LogP) is 9.44. The lowest BCUT2D eigenvalue weighted by molar-refractivity contribution is -0.210. The second kappa shape index (κ2) is 21.3. The average Bonchev–Trinajstić information content (AvgIpc) is 2.95. The van der Waals surface area contributed by atoms with E-state index in [0.29, 0.717) is 12.4 Å². The third-order valence-corrected chi connectivity index (χ3v) is 6.88. The zero-order chi connectivity index (χ0) is 34.6. The second-order valence-corrected chi connectivity index (χ2v) is 12.0. The second-order valence-electron chi connectivity index (χ2n) is 11.1. The fourth-order valence-corrected chi connectivity index (χ4v) is 4.19. The fourth-order valence-electron chi connectivity index (χ4n) is 3.81. The van der Waals surface area contributed by atoms with Gasteiger partial charge >= 0.3 is 24.0 Å². The summed E-state index contributed by atoms with van der Waals surface area (Å²) in [6.45, 7) is 12.5. The van der Waals surface area contributed by atoms with Crippen molar-refractivity contribution in [3.63, 3.8) is 0 Å². The molecule has 1 unspecified atom stereocenters. The number of unbranched alkanes of at least 4 members (excludes halogenated alkanes) is 4. The number of carbonyl (C=O) groups is 3. The first-order chi connectivity index (χ1) is 21.0. The van der Waals surface area contributed by atoms with Crippen LogP contribution in [-0.2, 0) is 19.8 Å². The van der Waals surface area contributed by atoms with Gasteiger partial charge in [-0.05, 0) is 67.2 Å². The SMILES string of the molecule is CC(C)(C)c1ccc(OC(F)(F)C(=O)O)cc1.CCCCCCCC(CC)C(=O)O.CCOc1ccc(Br)cc1C=CC(=O)O. The van der Waals surface area contributed by atoms with Crippen molar-refractivity contribution < 1.29 is 48.0 Å². The summed E-state index contributed by atoms with van der Waals surface area (Å²) in [5.41, 5.74) is 1.59. The maximum absolute atomic E-state index is 12.7. The molecule has 0 aliphatic rings. The molecule has 8 nitrogen and oxygen atoms in total. The zero-order valence-electron chi connectivity index (χ0n) is 26.9. The van der Waals surface area contributed by atoms with Crippen LogP contribution in [0.2, 0.25) is 0 Å². The first-order valence-electron chi connectivity index (χ1n) is 14.9. The van der Waals surface area contributed by atoms with Gasteiger partial charge < -0.3 is 24.8 Å². The number of carboxylic acid groups (broad SMARTS) is 3. The molecule has 0 heterocycles. The highest BCUT2D eigenvalue weighted by Gasteiger charge is 2.42. The Hall–Kier alpha value is -3.47. The van der Waals surface area contributed by atoms with Crippen molar-refractivity contribution in [3.8, 4) is 11.5 Å². The Morgan fingerprint density at radius 3 is 1.98 bits per heavy atom. The van der Waals surface area contributed by atoms with Crippen LogP contribution in [-0.4, -0.2) is 45.9 Å². The smallest absolute Gasteiger partial charge is 0.493 e. The van der Waals surface area contributed by atoms with Crippen molar-refractivity contribution in [3.05, 3.63) is 64.1 Å². The highest BCUT2D eigenvalue weighted by molar-refractivity contribution is 9.10. The van der Waals surface area contributed by atoms with Crippen LogP contribution < -0.4 is 9.47 Å². The van der Waals surface area contributed by atoms with Gasteiger partial charge in [0, 0.05) is 16.1 Å². The molecule has 252 valence electrons. The minimum Gasteiger partial charge on any atom is -0.493 e. The maximum atomic E-state index is 12.7. The van der Waals surface area contributed by atoms with E-state index in [1.807, 2.05) is 46.8 Å². The van der Waals surface area contributed by atoms with Gasteiger partial charge in [-0.1, -0.05) is 94.8 Å². The molecule has 1 atom stereocenters. The Labute approximate surface area is 273 Å². The Balaban J connectivity index is 0.000000652. The molecule has 0 amide bonds. The number of hydrogen-bond donors (Lipinski definition) is 3. The summed E-state index contributed by atoms with van der Waals surface area (Å²) in [6.07, 6.45) is 6.07. The molecule has 3 N–H and O–H groups in total. The molecule has 11 heteroatoms. The number of carboxylic acids is 3. The van der Waals surface area contributed by atoms with Gasteiger partial charge in [-0.2, -0.15) is 8.78 Å². The Morgan fingerprint density at radius 2 is 1.51 bits per heavy atom. The van der Waals surface area contributed by atoms with Crippen LogP contribution in [0.15, 0.2) is 53.0 Å². The van der Waals surface area contributed by atoms with Gasteiger partial charge in [-0.25, -0.2) is 9.59 Å². The van der Waals surface area contributed by atoms with Crippen LogP contribution in [0.5, 0.6) is 11.5 Å². The van der Waals surface area contributed by atoms with Gasteiger partial charge in [0.15, 0.2) is 0 Å². The van der Waals surface area contributed by atoms with Crippen molar-refractivity contribution in [2.75, 3.05) is 6.61 Å². The van der Waals surface area contributed by atoms with Crippen LogP contribution in [0, 0.1) is 5.92 Å². The number of alkyl halides is 2. The van der Waals surface area contributed by atoms with Crippen molar-refractivity contribution in [2.24, 2.45) is 5.92 Å². The predicted molar refractivity (Wildman–Crippen MR) is 175 cm³/mol. The molecule has 2 rings (SSSR count). The Bertz CT molecular complexity index is 1210. The third kappa shape index (κ3) is 18.2. The summed E-state index contributed by atoms with van der Waals surface area (Å²) in [6, 6.07) is 11.4. The van der Waals surface area contributed by atoms with Crippen LogP contribution in [0.25, 0.3) is 6.08 Å². The summed E-state index contributed by atoms with van der Waals surface area (Å²) in [5.74, 6) is -3.52. The number of aliphatic carboxylic acids is 3. The average molecular weight is 702 g/mol. The minimum absolute atomic E-state index is 0.103. The molecule has 2 aromatic carbocycles. The molecule has 0 spiro atoms. The van der Waals surface area contributed by atoms with E-state index in [1.54, 1.807) is 18.2 Å². The molecule has 0 aliphatic heterocycles. The summed E-state index contributed by atoms with van der Waals surface area (Å²) in [4.78, 5) is 31.2. The number of ether oxygens (including phenoxy) is 2. The van der Waals surface area contributed by atoms with Gasteiger partial charge in [-0.15, -0.1) is 0 Å². The van der Waals surface area contributed by atoms with E-state index in [1.165, 1.54) is 43.9 Å². The third-order valence-electron chi connectivity index (χ3n) is 6.39. The molecule has 0 saturated heterocycles. The van der Waals surface area contributed by atoms with E-state index in [0.717, 1.165) is 40.9 Å². The lowest BCUT2D eigenvalue weighted by Gasteiger charge is -2.19. The summed E-state index contributed by atoms with van der Waals surface area (Å²) >= 11 is 3.32. The van der Waals surface area contributed by atoms with Gasteiger partial charge in [0.05, 0.1) is 12.5 Å². The molecule has 0 aliphatic carbocycles. The molecular formula is C34H47BrF2O8. The zero-order valence-corrected chi connectivity index (χ0v) is 28.5. The van der Waals surface area contributed by atoms with E-state index in [-0.39, 0.29) is 17.1 Å². The summed E-state index contributed by atoms with van der Waals surface area (Å²) in [5, 5.41) is 25.5. The number of benzene rings is 2.